The lowest BCUT2D eigenvalue weighted by Crippen LogP contribution is -2.25. The molecule has 3 rings (SSSR count). The highest BCUT2D eigenvalue weighted by Crippen LogP contribution is 2.39. The largest absolute Gasteiger partial charge is 0.493 e. The first-order chi connectivity index (χ1) is 19.1. The molecule has 3 aromatic carbocycles. The Bertz CT molecular complexity index is 1400. The van der Waals surface area contributed by atoms with Crippen LogP contribution in [0.1, 0.15) is 46.8 Å². The van der Waals surface area contributed by atoms with Crippen LogP contribution in [0.15, 0.2) is 56.5 Å². The molecule has 0 fully saturated rings. The normalized spacial score (nSPS) is 10.9. The van der Waals surface area contributed by atoms with Crippen LogP contribution in [0.2, 0.25) is 0 Å². The lowest BCUT2D eigenvalue weighted by atomic mass is 10.0. The average Bonchev–Trinajstić information content (AvgIpc) is 2.92. The number of hydrogen-bond donors (Lipinski definition) is 1. The highest BCUT2D eigenvalue weighted by molar-refractivity contribution is 9.11. The standard InChI is InChI=1S/C29H30Br2N2O7/c1-16(2)21-8-7-17(3)9-23(21)39-15-26(34)33-32-14-19-10-20(30)13-22(31)27(19)40-29(35)18-11-24(36-4)28(38-6)25(12-18)37-5/h7-14,16H,15H2,1-6H3,(H,33,34). The van der Waals surface area contributed by atoms with Gasteiger partial charge in [-0.25, -0.2) is 10.2 Å². The van der Waals surface area contributed by atoms with E-state index in [9.17, 15) is 9.59 Å². The van der Waals surface area contributed by atoms with Gasteiger partial charge in [-0.05, 0) is 70.2 Å². The van der Waals surface area contributed by atoms with Crippen molar-refractivity contribution >= 4 is 50.0 Å². The summed E-state index contributed by atoms with van der Waals surface area (Å²) in [4.78, 5) is 25.5. The van der Waals surface area contributed by atoms with Gasteiger partial charge in [0.15, 0.2) is 23.9 Å². The molecule has 11 heteroatoms. The maximum atomic E-state index is 13.1. The molecular weight excluding hydrogens is 648 g/mol. The minimum atomic E-state index is -0.673. The number of rotatable bonds is 11. The Morgan fingerprint density at radius 1 is 0.925 bits per heavy atom. The number of halogens is 2. The van der Waals surface area contributed by atoms with Crippen molar-refractivity contribution in [1.29, 1.82) is 0 Å². The van der Waals surface area contributed by atoms with Crippen LogP contribution in [-0.4, -0.2) is 46.0 Å². The van der Waals surface area contributed by atoms with Crippen LogP contribution >= 0.6 is 31.9 Å². The van der Waals surface area contributed by atoms with Gasteiger partial charge in [-0.1, -0.05) is 41.9 Å². The summed E-state index contributed by atoms with van der Waals surface area (Å²) in [6.45, 7) is 5.86. The third kappa shape index (κ3) is 7.76. The second-order valence-electron chi connectivity index (χ2n) is 8.89. The fourth-order valence-electron chi connectivity index (χ4n) is 3.73. The lowest BCUT2D eigenvalue weighted by Gasteiger charge is -2.15. The van der Waals surface area contributed by atoms with E-state index in [-0.39, 0.29) is 23.8 Å². The van der Waals surface area contributed by atoms with E-state index in [4.69, 9.17) is 23.7 Å². The third-order valence-electron chi connectivity index (χ3n) is 5.68. The quantitative estimate of drug-likeness (QED) is 0.108. The van der Waals surface area contributed by atoms with Gasteiger partial charge in [0, 0.05) is 10.0 Å². The van der Waals surface area contributed by atoms with E-state index in [2.05, 4.69) is 56.2 Å². The first-order valence-electron chi connectivity index (χ1n) is 12.1. The Labute approximate surface area is 250 Å². The summed E-state index contributed by atoms with van der Waals surface area (Å²) in [6, 6.07) is 12.3. The summed E-state index contributed by atoms with van der Waals surface area (Å²) in [6.07, 6.45) is 1.37. The van der Waals surface area contributed by atoms with Crippen LogP contribution in [-0.2, 0) is 4.79 Å². The van der Waals surface area contributed by atoms with Crippen LogP contribution in [0.5, 0.6) is 28.7 Å². The molecule has 3 aromatic rings. The zero-order chi connectivity index (χ0) is 29.4. The molecule has 0 saturated carbocycles. The van der Waals surface area contributed by atoms with Crippen molar-refractivity contribution in [2.75, 3.05) is 27.9 Å². The molecule has 40 heavy (non-hydrogen) atoms. The molecular formula is C29H30Br2N2O7. The maximum Gasteiger partial charge on any atom is 0.343 e. The van der Waals surface area contributed by atoms with E-state index < -0.39 is 11.9 Å². The van der Waals surface area contributed by atoms with Gasteiger partial charge in [-0.2, -0.15) is 5.10 Å². The number of benzene rings is 3. The Morgan fingerprint density at radius 3 is 2.20 bits per heavy atom. The van der Waals surface area contributed by atoms with Crippen LogP contribution in [0.3, 0.4) is 0 Å². The van der Waals surface area contributed by atoms with Crippen LogP contribution in [0, 0.1) is 6.92 Å². The summed E-state index contributed by atoms with van der Waals surface area (Å²) in [5, 5.41) is 4.04. The number of carbonyl (C=O) groups is 2. The Morgan fingerprint density at radius 2 is 1.60 bits per heavy atom. The predicted molar refractivity (Wildman–Crippen MR) is 159 cm³/mol. The molecule has 0 atom stereocenters. The minimum Gasteiger partial charge on any atom is -0.493 e. The van der Waals surface area contributed by atoms with Crippen LogP contribution in [0.4, 0.5) is 0 Å². The van der Waals surface area contributed by atoms with E-state index in [0.717, 1.165) is 11.1 Å². The fraction of sp³-hybridized carbons (Fsp3) is 0.276. The van der Waals surface area contributed by atoms with Crippen molar-refractivity contribution in [2.24, 2.45) is 5.10 Å². The SMILES string of the molecule is COc1cc(C(=O)Oc2c(Br)cc(Br)cc2C=NNC(=O)COc2cc(C)ccc2C(C)C)cc(OC)c1OC. The molecule has 1 N–H and O–H groups in total. The molecule has 212 valence electrons. The van der Waals surface area contributed by atoms with Gasteiger partial charge in [0.1, 0.15) is 5.75 Å². The van der Waals surface area contributed by atoms with Crippen LogP contribution in [0.25, 0.3) is 0 Å². The van der Waals surface area contributed by atoms with Crippen molar-refractivity contribution in [1.82, 2.24) is 5.43 Å². The van der Waals surface area contributed by atoms with Gasteiger partial charge in [0.05, 0.1) is 37.6 Å². The van der Waals surface area contributed by atoms with E-state index in [1.54, 1.807) is 12.1 Å². The van der Waals surface area contributed by atoms with Gasteiger partial charge in [-0.3, -0.25) is 4.79 Å². The summed E-state index contributed by atoms with van der Waals surface area (Å²) in [5.41, 5.74) is 5.09. The number of methoxy groups -OCH3 is 3. The zero-order valence-corrected chi connectivity index (χ0v) is 26.1. The maximum absolute atomic E-state index is 13.1. The number of carbonyl (C=O) groups excluding carboxylic acids is 2. The Balaban J connectivity index is 1.76. The lowest BCUT2D eigenvalue weighted by molar-refractivity contribution is -0.123. The number of hydrazone groups is 1. The van der Waals surface area contributed by atoms with Gasteiger partial charge in [-0.15, -0.1) is 0 Å². The molecule has 1 amide bonds. The van der Waals surface area contributed by atoms with Crippen molar-refractivity contribution in [3.63, 3.8) is 0 Å². The van der Waals surface area contributed by atoms with E-state index >= 15 is 0 Å². The van der Waals surface area contributed by atoms with Crippen LogP contribution < -0.4 is 29.1 Å². The topological polar surface area (TPSA) is 105 Å². The Hall–Kier alpha value is -3.57. The first-order valence-corrected chi connectivity index (χ1v) is 13.7. The molecule has 0 unspecified atom stereocenters. The second kappa shape index (κ2) is 14.2. The molecule has 0 aliphatic rings. The van der Waals surface area contributed by atoms with Crippen molar-refractivity contribution in [3.8, 4) is 28.7 Å². The zero-order valence-electron chi connectivity index (χ0n) is 23.0. The number of ether oxygens (including phenoxy) is 5. The third-order valence-corrected chi connectivity index (χ3v) is 6.72. The molecule has 0 aliphatic carbocycles. The molecule has 0 aliphatic heterocycles. The molecule has 0 aromatic heterocycles. The Kier molecular flexibility index (Phi) is 11.0. The first kappa shape index (κ1) is 31.0. The highest BCUT2D eigenvalue weighted by atomic mass is 79.9. The molecule has 9 nitrogen and oxygen atoms in total. The van der Waals surface area contributed by atoms with Crippen molar-refractivity contribution in [3.05, 3.63) is 73.7 Å². The van der Waals surface area contributed by atoms with Gasteiger partial charge in [0.25, 0.3) is 5.91 Å². The highest BCUT2D eigenvalue weighted by Gasteiger charge is 2.21. The number of nitrogens with one attached hydrogen (secondary N) is 1. The summed E-state index contributed by atoms with van der Waals surface area (Å²) < 4.78 is 28.6. The van der Waals surface area contributed by atoms with Crippen molar-refractivity contribution in [2.45, 2.75) is 26.7 Å². The number of aryl methyl sites for hydroxylation is 1. The summed E-state index contributed by atoms with van der Waals surface area (Å²) >= 11 is 6.85. The van der Waals surface area contributed by atoms with E-state index in [1.165, 1.54) is 39.7 Å². The monoisotopic (exact) mass is 676 g/mol. The van der Waals surface area contributed by atoms with E-state index in [1.807, 2.05) is 25.1 Å². The molecule has 0 spiro atoms. The smallest absolute Gasteiger partial charge is 0.343 e. The molecule has 0 heterocycles. The number of amides is 1. The predicted octanol–water partition coefficient (Wildman–Crippen LogP) is 6.42. The summed E-state index contributed by atoms with van der Waals surface area (Å²) in [5.74, 6) is 0.937. The second-order valence-corrected chi connectivity index (χ2v) is 10.7. The van der Waals surface area contributed by atoms with Gasteiger partial charge < -0.3 is 23.7 Å². The summed E-state index contributed by atoms with van der Waals surface area (Å²) in [7, 11) is 4.38. The number of hydrogen-bond acceptors (Lipinski definition) is 8. The average molecular weight is 678 g/mol. The number of esters is 1. The number of nitrogens with zero attached hydrogens (tertiary/aromatic N) is 1. The van der Waals surface area contributed by atoms with Gasteiger partial charge >= 0.3 is 5.97 Å². The van der Waals surface area contributed by atoms with Gasteiger partial charge in [0.2, 0.25) is 5.75 Å². The molecule has 0 bridgehead atoms. The minimum absolute atomic E-state index is 0.176. The molecule has 0 saturated heterocycles. The van der Waals surface area contributed by atoms with E-state index in [0.29, 0.717) is 37.5 Å². The van der Waals surface area contributed by atoms with Crippen molar-refractivity contribution < 1.29 is 33.3 Å². The molecule has 0 radical (unpaired) electrons. The fourth-order valence-corrected chi connectivity index (χ4v) is 5.07.